The third kappa shape index (κ3) is 5.22. The summed E-state index contributed by atoms with van der Waals surface area (Å²) in [6.07, 6.45) is 1.78. The number of alkyl carbamates (subject to hydrolysis) is 1. The van der Waals surface area contributed by atoms with Crippen LogP contribution in [0.1, 0.15) is 23.5 Å². The van der Waals surface area contributed by atoms with Crippen LogP contribution in [0.15, 0.2) is 60.7 Å². The van der Waals surface area contributed by atoms with Crippen LogP contribution >= 0.6 is 0 Å². The number of rotatable bonds is 8. The highest BCUT2D eigenvalue weighted by molar-refractivity contribution is 5.81. The lowest BCUT2D eigenvalue weighted by Gasteiger charge is -2.14. The van der Waals surface area contributed by atoms with E-state index in [4.69, 9.17) is 9.84 Å². The SMILES string of the molecule is O=C(O)/C=C/CNC(=O)CCNC(=O)OCC1c2ccccc2-c2ccccc21. The zero-order chi connectivity index (χ0) is 20.6. The molecule has 7 nitrogen and oxygen atoms in total. The minimum Gasteiger partial charge on any atom is -0.478 e. The molecule has 1 aliphatic carbocycles. The first-order chi connectivity index (χ1) is 14.1. The molecule has 0 bridgehead atoms. The summed E-state index contributed by atoms with van der Waals surface area (Å²) < 4.78 is 5.39. The zero-order valence-electron chi connectivity index (χ0n) is 15.8. The number of ether oxygens (including phenoxy) is 1. The molecule has 1 aliphatic rings. The van der Waals surface area contributed by atoms with E-state index < -0.39 is 12.1 Å². The normalized spacial score (nSPS) is 12.3. The van der Waals surface area contributed by atoms with Crippen LogP contribution in [0.4, 0.5) is 4.79 Å². The van der Waals surface area contributed by atoms with E-state index in [9.17, 15) is 14.4 Å². The van der Waals surface area contributed by atoms with Crippen LogP contribution in [-0.4, -0.2) is 42.8 Å². The van der Waals surface area contributed by atoms with Gasteiger partial charge in [0.15, 0.2) is 0 Å². The first kappa shape index (κ1) is 20.1. The molecule has 150 valence electrons. The third-order valence-corrected chi connectivity index (χ3v) is 4.64. The first-order valence-corrected chi connectivity index (χ1v) is 9.31. The average molecular weight is 394 g/mol. The summed E-state index contributed by atoms with van der Waals surface area (Å²) in [5.74, 6) is -1.38. The molecule has 0 aromatic heterocycles. The van der Waals surface area contributed by atoms with Gasteiger partial charge in [-0.25, -0.2) is 9.59 Å². The van der Waals surface area contributed by atoms with E-state index in [1.54, 1.807) is 0 Å². The predicted molar refractivity (Wildman–Crippen MR) is 107 cm³/mol. The van der Waals surface area contributed by atoms with Crippen molar-refractivity contribution in [2.45, 2.75) is 12.3 Å². The van der Waals surface area contributed by atoms with Crippen molar-refractivity contribution in [3.8, 4) is 11.1 Å². The van der Waals surface area contributed by atoms with Gasteiger partial charge in [0.2, 0.25) is 5.91 Å². The topological polar surface area (TPSA) is 105 Å². The molecule has 2 amide bonds. The highest BCUT2D eigenvalue weighted by Crippen LogP contribution is 2.44. The van der Waals surface area contributed by atoms with Gasteiger partial charge in [-0.3, -0.25) is 4.79 Å². The van der Waals surface area contributed by atoms with Gasteiger partial charge in [-0.15, -0.1) is 0 Å². The summed E-state index contributed by atoms with van der Waals surface area (Å²) >= 11 is 0. The highest BCUT2D eigenvalue weighted by atomic mass is 16.5. The molecule has 0 saturated heterocycles. The van der Waals surface area contributed by atoms with Crippen LogP contribution in [-0.2, 0) is 14.3 Å². The van der Waals surface area contributed by atoms with Gasteiger partial charge in [-0.1, -0.05) is 54.6 Å². The fourth-order valence-corrected chi connectivity index (χ4v) is 3.35. The zero-order valence-corrected chi connectivity index (χ0v) is 15.8. The molecule has 0 aliphatic heterocycles. The number of carboxylic acid groups (broad SMARTS) is 1. The lowest BCUT2D eigenvalue weighted by molar-refractivity contribution is -0.131. The lowest BCUT2D eigenvalue weighted by Crippen LogP contribution is -2.31. The summed E-state index contributed by atoms with van der Waals surface area (Å²) in [5, 5.41) is 13.5. The van der Waals surface area contributed by atoms with Crippen LogP contribution < -0.4 is 10.6 Å². The minimum absolute atomic E-state index is 0.0162. The summed E-state index contributed by atoms with van der Waals surface area (Å²) in [4.78, 5) is 33.9. The summed E-state index contributed by atoms with van der Waals surface area (Å²) in [7, 11) is 0. The third-order valence-electron chi connectivity index (χ3n) is 4.64. The number of carboxylic acids is 1. The van der Waals surface area contributed by atoms with Crippen molar-refractivity contribution >= 4 is 18.0 Å². The minimum atomic E-state index is -1.07. The van der Waals surface area contributed by atoms with Crippen LogP contribution in [0.25, 0.3) is 11.1 Å². The molecule has 0 atom stereocenters. The molecule has 2 aromatic carbocycles. The Hall–Kier alpha value is -3.61. The molecule has 0 radical (unpaired) electrons. The molecule has 3 N–H and O–H groups in total. The van der Waals surface area contributed by atoms with Crippen LogP contribution in [0.5, 0.6) is 0 Å². The van der Waals surface area contributed by atoms with E-state index in [0.29, 0.717) is 0 Å². The number of carbonyl (C=O) groups excluding carboxylic acids is 2. The molecule has 29 heavy (non-hydrogen) atoms. The summed E-state index contributed by atoms with van der Waals surface area (Å²) in [6, 6.07) is 16.2. The molecule has 2 aromatic rings. The van der Waals surface area contributed by atoms with E-state index in [0.717, 1.165) is 28.3 Å². The van der Waals surface area contributed by atoms with Crippen molar-refractivity contribution in [2.24, 2.45) is 0 Å². The molecule has 0 unspecified atom stereocenters. The molecule has 0 heterocycles. The standard InChI is InChI=1S/C22H22N2O5/c25-20(23-12-5-10-21(26)27)11-13-24-22(28)29-14-19-17-8-3-1-6-15(17)16-7-2-4-9-18(16)19/h1-10,19H,11-14H2,(H,23,25)(H,24,28)(H,26,27)/b10-5+. The maximum absolute atomic E-state index is 12.0. The number of amides is 2. The first-order valence-electron chi connectivity index (χ1n) is 9.31. The Bertz CT molecular complexity index is 893. The van der Waals surface area contributed by atoms with Crippen molar-refractivity contribution in [3.05, 3.63) is 71.8 Å². The second-order valence-corrected chi connectivity index (χ2v) is 6.55. The maximum Gasteiger partial charge on any atom is 0.407 e. The number of fused-ring (bicyclic) bond motifs is 3. The van der Waals surface area contributed by atoms with Gasteiger partial charge in [-0.2, -0.15) is 0 Å². The maximum atomic E-state index is 12.0. The number of hydrogen-bond acceptors (Lipinski definition) is 4. The Morgan fingerprint density at radius 1 is 0.966 bits per heavy atom. The quantitative estimate of drug-likeness (QED) is 0.597. The molecular weight excluding hydrogens is 372 g/mol. The second-order valence-electron chi connectivity index (χ2n) is 6.55. The number of aliphatic carboxylic acids is 1. The molecule has 0 fully saturated rings. The second kappa shape index (κ2) is 9.54. The average Bonchev–Trinajstić information content (AvgIpc) is 3.03. The van der Waals surface area contributed by atoms with E-state index in [-0.39, 0.29) is 37.9 Å². The molecule has 3 rings (SSSR count). The Morgan fingerprint density at radius 3 is 2.21 bits per heavy atom. The highest BCUT2D eigenvalue weighted by Gasteiger charge is 2.28. The van der Waals surface area contributed by atoms with Crippen molar-refractivity contribution in [2.75, 3.05) is 19.7 Å². The Balaban J connectivity index is 1.44. The van der Waals surface area contributed by atoms with Gasteiger partial charge in [0, 0.05) is 31.5 Å². The van der Waals surface area contributed by atoms with Gasteiger partial charge in [0.05, 0.1) is 0 Å². The number of hydrogen-bond donors (Lipinski definition) is 3. The molecular formula is C22H22N2O5. The Morgan fingerprint density at radius 2 is 1.59 bits per heavy atom. The molecule has 0 spiro atoms. The van der Waals surface area contributed by atoms with E-state index in [2.05, 4.69) is 22.8 Å². The van der Waals surface area contributed by atoms with Crippen molar-refractivity contribution in [3.63, 3.8) is 0 Å². The van der Waals surface area contributed by atoms with Gasteiger partial charge >= 0.3 is 12.1 Å². The summed E-state index contributed by atoms with van der Waals surface area (Å²) in [6.45, 7) is 0.466. The molecule has 0 saturated carbocycles. The van der Waals surface area contributed by atoms with Crippen LogP contribution in [0, 0.1) is 0 Å². The van der Waals surface area contributed by atoms with Crippen molar-refractivity contribution in [1.29, 1.82) is 0 Å². The predicted octanol–water partition coefficient (Wildman–Crippen LogP) is 2.67. The van der Waals surface area contributed by atoms with E-state index in [1.807, 2.05) is 36.4 Å². The Labute approximate surface area is 168 Å². The van der Waals surface area contributed by atoms with E-state index >= 15 is 0 Å². The number of nitrogens with one attached hydrogen (secondary N) is 2. The fraction of sp³-hybridized carbons (Fsp3) is 0.227. The van der Waals surface area contributed by atoms with Crippen LogP contribution in [0.3, 0.4) is 0 Å². The largest absolute Gasteiger partial charge is 0.478 e. The van der Waals surface area contributed by atoms with Gasteiger partial charge < -0.3 is 20.5 Å². The number of carbonyl (C=O) groups is 3. The van der Waals surface area contributed by atoms with E-state index in [1.165, 1.54) is 6.08 Å². The van der Waals surface area contributed by atoms with Crippen LogP contribution in [0.2, 0.25) is 0 Å². The van der Waals surface area contributed by atoms with Gasteiger partial charge in [0.25, 0.3) is 0 Å². The lowest BCUT2D eigenvalue weighted by atomic mass is 9.98. The monoisotopic (exact) mass is 394 g/mol. The summed E-state index contributed by atoms with van der Waals surface area (Å²) in [5.41, 5.74) is 4.59. The number of benzene rings is 2. The van der Waals surface area contributed by atoms with Gasteiger partial charge in [0.1, 0.15) is 6.61 Å². The van der Waals surface area contributed by atoms with Crippen molar-refractivity contribution in [1.82, 2.24) is 10.6 Å². The Kier molecular flexibility index (Phi) is 6.63. The smallest absolute Gasteiger partial charge is 0.407 e. The molecule has 7 heteroatoms. The fourth-order valence-electron chi connectivity index (χ4n) is 3.35. The van der Waals surface area contributed by atoms with Crippen molar-refractivity contribution < 1.29 is 24.2 Å². The van der Waals surface area contributed by atoms with Gasteiger partial charge in [-0.05, 0) is 22.3 Å².